The molecule has 3 rings (SSSR count). The minimum absolute atomic E-state index is 0.130. The Morgan fingerprint density at radius 3 is 2.23 bits per heavy atom. The molecular formula is C23H26O2S. The monoisotopic (exact) mass is 366 g/mol. The Morgan fingerprint density at radius 2 is 1.58 bits per heavy atom. The summed E-state index contributed by atoms with van der Waals surface area (Å²) in [5.74, 6) is 0.530. The number of sulfone groups is 1. The van der Waals surface area contributed by atoms with Crippen molar-refractivity contribution in [2.75, 3.05) is 5.75 Å². The Labute approximate surface area is 157 Å². The van der Waals surface area contributed by atoms with Gasteiger partial charge in [-0.2, -0.15) is 0 Å². The van der Waals surface area contributed by atoms with E-state index in [1.165, 1.54) is 5.56 Å². The molecule has 0 amide bonds. The van der Waals surface area contributed by atoms with Crippen LogP contribution < -0.4 is 0 Å². The van der Waals surface area contributed by atoms with Crippen LogP contribution in [0.1, 0.15) is 42.0 Å². The van der Waals surface area contributed by atoms with Gasteiger partial charge in [0, 0.05) is 5.56 Å². The molecule has 1 aromatic rings. The highest BCUT2D eigenvalue weighted by atomic mass is 32.2. The van der Waals surface area contributed by atoms with Gasteiger partial charge in [0.2, 0.25) is 0 Å². The maximum absolute atomic E-state index is 13.1. The Morgan fingerprint density at radius 1 is 0.885 bits per heavy atom. The van der Waals surface area contributed by atoms with Crippen molar-refractivity contribution in [2.24, 2.45) is 0 Å². The molecule has 2 nitrogen and oxygen atoms in total. The van der Waals surface area contributed by atoms with Crippen molar-refractivity contribution in [1.82, 2.24) is 0 Å². The highest BCUT2D eigenvalue weighted by Gasteiger charge is 2.25. The molecular weight excluding hydrogens is 340 g/mol. The molecule has 2 aliphatic carbocycles. The molecule has 0 bridgehead atoms. The lowest BCUT2D eigenvalue weighted by atomic mass is 10.0. The van der Waals surface area contributed by atoms with Gasteiger partial charge in [-0.1, -0.05) is 62.4 Å². The molecule has 3 heteroatoms. The highest BCUT2D eigenvalue weighted by molar-refractivity contribution is 7.91. The lowest BCUT2D eigenvalue weighted by Crippen LogP contribution is -2.09. The van der Waals surface area contributed by atoms with Gasteiger partial charge in [0.25, 0.3) is 0 Å². The molecule has 0 saturated carbocycles. The van der Waals surface area contributed by atoms with E-state index in [0.717, 1.165) is 27.8 Å². The fraction of sp³-hybridized carbons (Fsp3) is 0.304. The summed E-state index contributed by atoms with van der Waals surface area (Å²) >= 11 is 0. The van der Waals surface area contributed by atoms with Crippen LogP contribution >= 0.6 is 0 Å². The third kappa shape index (κ3) is 3.68. The quantitative estimate of drug-likeness (QED) is 0.593. The number of aryl methyl sites for hydroxylation is 3. The molecule has 2 aliphatic rings. The predicted octanol–water partition coefficient (Wildman–Crippen LogP) is 5.55. The Kier molecular flexibility index (Phi) is 5.19. The van der Waals surface area contributed by atoms with E-state index in [1.54, 1.807) is 0 Å². The molecule has 26 heavy (non-hydrogen) atoms. The molecule has 0 fully saturated rings. The third-order valence-electron chi connectivity index (χ3n) is 5.02. The minimum Gasteiger partial charge on any atom is -0.224 e. The average molecular weight is 367 g/mol. The molecule has 0 aromatic heterocycles. The Balaban J connectivity index is 2.03. The van der Waals surface area contributed by atoms with Crippen molar-refractivity contribution in [3.8, 4) is 11.1 Å². The average Bonchev–Trinajstić information content (AvgIpc) is 2.84. The lowest BCUT2D eigenvalue weighted by molar-refractivity contribution is 0.596. The molecule has 0 heterocycles. The van der Waals surface area contributed by atoms with Gasteiger partial charge in [-0.05, 0) is 60.1 Å². The summed E-state index contributed by atoms with van der Waals surface area (Å²) in [6.45, 7) is 8.32. The fourth-order valence-electron chi connectivity index (χ4n) is 3.40. The van der Waals surface area contributed by atoms with Gasteiger partial charge in [-0.25, -0.2) is 8.42 Å². The van der Waals surface area contributed by atoms with Gasteiger partial charge >= 0.3 is 0 Å². The minimum atomic E-state index is -3.35. The Hall–Kier alpha value is -2.13. The zero-order valence-electron chi connectivity index (χ0n) is 15.9. The third-order valence-corrected chi connectivity index (χ3v) is 6.76. The normalized spacial score (nSPS) is 12.0. The van der Waals surface area contributed by atoms with Gasteiger partial charge in [0.05, 0.1) is 10.6 Å². The van der Waals surface area contributed by atoms with Crippen molar-refractivity contribution in [3.05, 3.63) is 76.9 Å². The summed E-state index contributed by atoms with van der Waals surface area (Å²) in [4.78, 5) is 0.476. The van der Waals surface area contributed by atoms with Gasteiger partial charge in [0.15, 0.2) is 9.84 Å². The van der Waals surface area contributed by atoms with Crippen molar-refractivity contribution in [1.29, 1.82) is 0 Å². The number of fused-ring (bicyclic) bond motifs is 1. The molecule has 0 spiro atoms. The molecule has 0 saturated heterocycles. The standard InChI is InChI=1S/C23H26O2S/c1-16(2)20-11-10-17(3)23-21(15-20)18(4)14-22(23)26(24,25)13-12-19-8-6-5-7-9-19/h5-11,14-16H,12-13H2,1-4H3. The van der Waals surface area contributed by atoms with E-state index in [2.05, 4.69) is 26.0 Å². The second kappa shape index (κ2) is 7.24. The van der Waals surface area contributed by atoms with E-state index in [9.17, 15) is 8.42 Å². The largest absolute Gasteiger partial charge is 0.224 e. The molecule has 0 N–H and O–H groups in total. The Bertz CT molecular complexity index is 986. The summed E-state index contributed by atoms with van der Waals surface area (Å²) in [6, 6.07) is 18.0. The van der Waals surface area contributed by atoms with Crippen LogP contribution in [-0.4, -0.2) is 14.2 Å². The van der Waals surface area contributed by atoms with Crippen LogP contribution in [0, 0.1) is 13.8 Å². The second-order valence-corrected chi connectivity index (χ2v) is 9.43. The van der Waals surface area contributed by atoms with Crippen molar-refractivity contribution in [2.45, 2.75) is 44.9 Å². The van der Waals surface area contributed by atoms with E-state index in [0.29, 0.717) is 17.2 Å². The topological polar surface area (TPSA) is 34.1 Å². The number of rotatable bonds is 5. The number of hydrogen-bond acceptors (Lipinski definition) is 2. The summed E-state index contributed by atoms with van der Waals surface area (Å²) in [6.07, 6.45) is 0.532. The summed E-state index contributed by atoms with van der Waals surface area (Å²) in [5, 5.41) is 0. The first-order valence-corrected chi connectivity index (χ1v) is 10.8. The first-order chi connectivity index (χ1) is 12.3. The molecule has 0 radical (unpaired) electrons. The molecule has 1 aromatic carbocycles. The van der Waals surface area contributed by atoms with E-state index in [1.807, 2.05) is 56.3 Å². The van der Waals surface area contributed by atoms with Gasteiger partial charge in [-0.3, -0.25) is 0 Å². The first-order valence-electron chi connectivity index (χ1n) is 9.10. The molecule has 136 valence electrons. The maximum Gasteiger partial charge on any atom is 0.179 e. The van der Waals surface area contributed by atoms with E-state index in [-0.39, 0.29) is 5.75 Å². The van der Waals surface area contributed by atoms with Crippen LogP contribution in [0.4, 0.5) is 0 Å². The van der Waals surface area contributed by atoms with E-state index in [4.69, 9.17) is 0 Å². The smallest absolute Gasteiger partial charge is 0.179 e. The summed E-state index contributed by atoms with van der Waals surface area (Å²) < 4.78 is 26.2. The number of hydrogen-bond donors (Lipinski definition) is 0. The van der Waals surface area contributed by atoms with Crippen LogP contribution in [0.25, 0.3) is 11.1 Å². The van der Waals surface area contributed by atoms with Gasteiger partial charge < -0.3 is 0 Å². The SMILES string of the molecule is Cc1cc(S(=O)(=O)CCc2ccccc2)c2c(C)ccc(C(C)C)cc1-2. The molecule has 0 atom stereocenters. The zero-order valence-corrected chi connectivity index (χ0v) is 16.7. The van der Waals surface area contributed by atoms with Gasteiger partial charge in [0.1, 0.15) is 0 Å². The lowest BCUT2D eigenvalue weighted by Gasteiger charge is -2.08. The molecule has 0 unspecified atom stereocenters. The van der Waals surface area contributed by atoms with Crippen molar-refractivity contribution < 1.29 is 8.42 Å². The maximum atomic E-state index is 13.1. The summed E-state index contributed by atoms with van der Waals surface area (Å²) in [5.41, 5.74) is 6.24. The van der Waals surface area contributed by atoms with Crippen molar-refractivity contribution >= 4 is 9.84 Å². The fourth-order valence-corrected chi connectivity index (χ4v) is 5.06. The zero-order chi connectivity index (χ0) is 18.9. The highest BCUT2D eigenvalue weighted by Crippen LogP contribution is 2.39. The van der Waals surface area contributed by atoms with Crippen LogP contribution in [-0.2, 0) is 16.3 Å². The van der Waals surface area contributed by atoms with Gasteiger partial charge in [-0.15, -0.1) is 0 Å². The number of benzene rings is 1. The van der Waals surface area contributed by atoms with E-state index < -0.39 is 9.84 Å². The summed E-state index contributed by atoms with van der Waals surface area (Å²) in [7, 11) is -3.35. The van der Waals surface area contributed by atoms with Crippen LogP contribution in [0.15, 0.2) is 59.5 Å². The second-order valence-electron chi connectivity index (χ2n) is 7.35. The molecule has 0 aliphatic heterocycles. The van der Waals surface area contributed by atoms with Crippen LogP contribution in [0.3, 0.4) is 0 Å². The van der Waals surface area contributed by atoms with Crippen LogP contribution in [0.5, 0.6) is 0 Å². The predicted molar refractivity (Wildman–Crippen MR) is 109 cm³/mol. The van der Waals surface area contributed by atoms with E-state index >= 15 is 0 Å². The van der Waals surface area contributed by atoms with Crippen molar-refractivity contribution in [3.63, 3.8) is 0 Å². The first kappa shape index (κ1) is 18.7. The van der Waals surface area contributed by atoms with Crippen LogP contribution in [0.2, 0.25) is 0 Å².